The number of amides is 1. The van der Waals surface area contributed by atoms with Crippen molar-refractivity contribution in [2.75, 3.05) is 6.54 Å². The molecule has 7 heteroatoms. The van der Waals surface area contributed by atoms with E-state index in [1.54, 1.807) is 0 Å². The first-order valence-electron chi connectivity index (χ1n) is 8.99. The standard InChI is InChI=1S/C20H24ClN5O/c1-13-18(15(3)26(24-13)17-9-6-5-7-10-17)20(27)22-11-8-12-25-16(4)19(21)14(2)23-25/h5-7,9-10H,8,11-12H2,1-4H3,(H,22,27). The highest BCUT2D eigenvalue weighted by Gasteiger charge is 2.19. The fourth-order valence-corrected chi connectivity index (χ4v) is 3.34. The Morgan fingerprint density at radius 1 is 1.04 bits per heavy atom. The second kappa shape index (κ2) is 7.96. The van der Waals surface area contributed by atoms with Crippen LogP contribution in [0.4, 0.5) is 0 Å². The zero-order valence-electron chi connectivity index (χ0n) is 16.1. The molecule has 0 aliphatic heterocycles. The van der Waals surface area contributed by atoms with Crippen molar-refractivity contribution in [1.29, 1.82) is 0 Å². The molecule has 0 saturated carbocycles. The molecule has 27 heavy (non-hydrogen) atoms. The molecule has 1 amide bonds. The van der Waals surface area contributed by atoms with Gasteiger partial charge in [0, 0.05) is 13.1 Å². The van der Waals surface area contributed by atoms with Crippen molar-refractivity contribution in [1.82, 2.24) is 24.9 Å². The van der Waals surface area contributed by atoms with E-state index in [1.807, 2.05) is 67.4 Å². The third kappa shape index (κ3) is 3.90. The fourth-order valence-electron chi connectivity index (χ4n) is 3.20. The number of rotatable bonds is 6. The highest BCUT2D eigenvalue weighted by molar-refractivity contribution is 6.31. The van der Waals surface area contributed by atoms with Gasteiger partial charge in [0.25, 0.3) is 5.91 Å². The van der Waals surface area contributed by atoms with Gasteiger partial charge in [-0.05, 0) is 46.2 Å². The minimum absolute atomic E-state index is 0.0985. The number of nitrogens with one attached hydrogen (secondary N) is 1. The summed E-state index contributed by atoms with van der Waals surface area (Å²) in [5.74, 6) is -0.0985. The zero-order chi connectivity index (χ0) is 19.6. The maximum absolute atomic E-state index is 12.7. The number of benzene rings is 1. The molecule has 3 rings (SSSR count). The normalized spacial score (nSPS) is 11.0. The van der Waals surface area contributed by atoms with Crippen LogP contribution in [0.1, 0.15) is 39.6 Å². The Bertz CT molecular complexity index is 959. The van der Waals surface area contributed by atoms with E-state index in [9.17, 15) is 4.79 Å². The molecule has 3 aromatic rings. The van der Waals surface area contributed by atoms with Gasteiger partial charge < -0.3 is 5.32 Å². The molecule has 6 nitrogen and oxygen atoms in total. The summed E-state index contributed by atoms with van der Waals surface area (Å²) in [5.41, 5.74) is 4.92. The quantitative estimate of drug-likeness (QED) is 0.657. The van der Waals surface area contributed by atoms with Gasteiger partial charge in [-0.1, -0.05) is 29.8 Å². The lowest BCUT2D eigenvalue weighted by Crippen LogP contribution is -2.26. The summed E-state index contributed by atoms with van der Waals surface area (Å²) in [7, 11) is 0. The van der Waals surface area contributed by atoms with E-state index in [0.29, 0.717) is 23.7 Å². The summed E-state index contributed by atoms with van der Waals surface area (Å²) in [6.07, 6.45) is 0.773. The van der Waals surface area contributed by atoms with Gasteiger partial charge >= 0.3 is 0 Å². The van der Waals surface area contributed by atoms with Crippen LogP contribution in [0.25, 0.3) is 5.69 Å². The average Bonchev–Trinajstić information content (AvgIpc) is 3.09. The zero-order valence-corrected chi connectivity index (χ0v) is 16.8. The van der Waals surface area contributed by atoms with Crippen molar-refractivity contribution < 1.29 is 4.79 Å². The number of nitrogens with zero attached hydrogens (tertiary/aromatic N) is 4. The third-order valence-electron chi connectivity index (χ3n) is 4.64. The van der Waals surface area contributed by atoms with Crippen LogP contribution in [0.3, 0.4) is 0 Å². The molecule has 0 aliphatic carbocycles. The number of carbonyl (C=O) groups is 1. The number of hydrogen-bond donors (Lipinski definition) is 1. The van der Waals surface area contributed by atoms with Gasteiger partial charge in [0.15, 0.2) is 0 Å². The molecule has 0 bridgehead atoms. The Balaban J connectivity index is 1.63. The summed E-state index contributed by atoms with van der Waals surface area (Å²) in [6.45, 7) is 8.89. The number of aromatic nitrogens is 4. The lowest BCUT2D eigenvalue weighted by atomic mass is 10.2. The van der Waals surface area contributed by atoms with Gasteiger partial charge in [-0.2, -0.15) is 10.2 Å². The van der Waals surface area contributed by atoms with Crippen LogP contribution in [-0.2, 0) is 6.54 Å². The summed E-state index contributed by atoms with van der Waals surface area (Å²) < 4.78 is 3.69. The lowest BCUT2D eigenvalue weighted by Gasteiger charge is -2.08. The summed E-state index contributed by atoms with van der Waals surface area (Å²) >= 11 is 6.17. The Hall–Kier alpha value is -2.60. The minimum atomic E-state index is -0.0985. The molecule has 0 saturated heterocycles. The Morgan fingerprint density at radius 2 is 1.74 bits per heavy atom. The number of aryl methyl sites for hydroxylation is 3. The SMILES string of the molecule is Cc1nn(CCCNC(=O)c2c(C)nn(-c3ccccc3)c2C)c(C)c1Cl. The maximum Gasteiger partial charge on any atom is 0.255 e. The van der Waals surface area contributed by atoms with E-state index in [2.05, 4.69) is 15.5 Å². The summed E-state index contributed by atoms with van der Waals surface area (Å²) in [4.78, 5) is 12.7. The molecule has 0 aliphatic rings. The molecule has 0 fully saturated rings. The van der Waals surface area contributed by atoms with Crippen molar-refractivity contribution in [2.24, 2.45) is 0 Å². The van der Waals surface area contributed by atoms with Crippen LogP contribution in [0.2, 0.25) is 5.02 Å². The van der Waals surface area contributed by atoms with Crippen molar-refractivity contribution in [3.05, 3.63) is 63.7 Å². The molecule has 0 radical (unpaired) electrons. The van der Waals surface area contributed by atoms with Gasteiger partial charge in [-0.3, -0.25) is 9.48 Å². The second-order valence-electron chi connectivity index (χ2n) is 6.61. The third-order valence-corrected chi connectivity index (χ3v) is 5.19. The van der Waals surface area contributed by atoms with E-state index in [-0.39, 0.29) is 5.91 Å². The largest absolute Gasteiger partial charge is 0.352 e. The van der Waals surface area contributed by atoms with Crippen molar-refractivity contribution >= 4 is 17.5 Å². The van der Waals surface area contributed by atoms with E-state index < -0.39 is 0 Å². The number of para-hydroxylation sites is 1. The molecule has 142 valence electrons. The second-order valence-corrected chi connectivity index (χ2v) is 6.99. The molecule has 1 N–H and O–H groups in total. The molecule has 0 unspecified atom stereocenters. The average molecular weight is 386 g/mol. The minimum Gasteiger partial charge on any atom is -0.352 e. The molecular weight excluding hydrogens is 362 g/mol. The maximum atomic E-state index is 12.7. The Labute approximate surface area is 164 Å². The van der Waals surface area contributed by atoms with Crippen LogP contribution < -0.4 is 5.32 Å². The number of hydrogen-bond acceptors (Lipinski definition) is 3. The van der Waals surface area contributed by atoms with Crippen LogP contribution >= 0.6 is 11.6 Å². The lowest BCUT2D eigenvalue weighted by molar-refractivity contribution is 0.0951. The Kier molecular flexibility index (Phi) is 5.65. The van der Waals surface area contributed by atoms with E-state index in [1.165, 1.54) is 0 Å². The first-order chi connectivity index (χ1) is 12.9. The van der Waals surface area contributed by atoms with E-state index >= 15 is 0 Å². The monoisotopic (exact) mass is 385 g/mol. The smallest absolute Gasteiger partial charge is 0.255 e. The van der Waals surface area contributed by atoms with Crippen LogP contribution in [-0.4, -0.2) is 32.0 Å². The van der Waals surface area contributed by atoms with Gasteiger partial charge in [0.2, 0.25) is 0 Å². The van der Waals surface area contributed by atoms with E-state index in [0.717, 1.165) is 34.9 Å². The predicted molar refractivity (Wildman–Crippen MR) is 107 cm³/mol. The molecule has 2 aromatic heterocycles. The van der Waals surface area contributed by atoms with Crippen molar-refractivity contribution in [3.8, 4) is 5.69 Å². The molecule has 2 heterocycles. The number of carbonyl (C=O) groups excluding carboxylic acids is 1. The molecule has 0 spiro atoms. The van der Waals surface area contributed by atoms with Crippen LogP contribution in [0.15, 0.2) is 30.3 Å². The van der Waals surface area contributed by atoms with Crippen LogP contribution in [0.5, 0.6) is 0 Å². The van der Waals surface area contributed by atoms with Gasteiger partial charge in [0.1, 0.15) is 0 Å². The van der Waals surface area contributed by atoms with E-state index in [4.69, 9.17) is 11.6 Å². The van der Waals surface area contributed by atoms with Crippen molar-refractivity contribution in [3.63, 3.8) is 0 Å². The molecular formula is C20H24ClN5O. The Morgan fingerprint density at radius 3 is 2.37 bits per heavy atom. The van der Waals surface area contributed by atoms with Gasteiger partial charge in [0.05, 0.1) is 39.0 Å². The fraction of sp³-hybridized carbons (Fsp3) is 0.350. The van der Waals surface area contributed by atoms with Crippen molar-refractivity contribution in [2.45, 2.75) is 40.7 Å². The van der Waals surface area contributed by atoms with Gasteiger partial charge in [-0.15, -0.1) is 0 Å². The number of halogens is 1. The highest BCUT2D eigenvalue weighted by Crippen LogP contribution is 2.19. The first-order valence-corrected chi connectivity index (χ1v) is 9.37. The summed E-state index contributed by atoms with van der Waals surface area (Å²) in [6, 6.07) is 9.81. The first kappa shape index (κ1) is 19.2. The molecule has 0 atom stereocenters. The summed E-state index contributed by atoms with van der Waals surface area (Å²) in [5, 5.41) is 12.6. The van der Waals surface area contributed by atoms with Gasteiger partial charge in [-0.25, -0.2) is 4.68 Å². The molecule has 1 aromatic carbocycles. The topological polar surface area (TPSA) is 64.7 Å². The predicted octanol–water partition coefficient (Wildman–Crippen LogP) is 3.78. The van der Waals surface area contributed by atoms with Crippen LogP contribution in [0, 0.1) is 27.7 Å². The highest BCUT2D eigenvalue weighted by atomic mass is 35.5.